The highest BCUT2D eigenvalue weighted by Crippen LogP contribution is 2.49. The number of hydrogen-bond acceptors (Lipinski definition) is 4. The second-order valence-corrected chi connectivity index (χ2v) is 4.27. The summed E-state index contributed by atoms with van der Waals surface area (Å²) in [7, 11) is 0. The fourth-order valence-electron chi connectivity index (χ4n) is 1.90. The van der Waals surface area contributed by atoms with Gasteiger partial charge < -0.3 is 21.5 Å². The Morgan fingerprint density at radius 1 is 1.16 bits per heavy atom. The number of carbonyl (C=O) groups is 3. The van der Waals surface area contributed by atoms with Crippen molar-refractivity contribution in [1.82, 2.24) is 0 Å². The lowest BCUT2D eigenvalue weighted by atomic mass is 9.98. The predicted octanol–water partition coefficient (Wildman–Crippen LogP) is -0.574. The molecule has 19 heavy (non-hydrogen) atoms. The molecule has 0 bridgehead atoms. The first-order valence-electron chi connectivity index (χ1n) is 5.53. The van der Waals surface area contributed by atoms with Crippen LogP contribution in [-0.4, -0.2) is 23.3 Å². The molecule has 1 heterocycles. The van der Waals surface area contributed by atoms with Crippen LogP contribution in [0.4, 0.5) is 5.69 Å². The van der Waals surface area contributed by atoms with Crippen LogP contribution in [0.3, 0.4) is 0 Å². The topological polar surface area (TPSA) is 128 Å². The lowest BCUT2D eigenvalue weighted by Crippen LogP contribution is -2.44. The summed E-state index contributed by atoms with van der Waals surface area (Å²) in [4.78, 5) is 33.4. The van der Waals surface area contributed by atoms with Gasteiger partial charge in [-0.2, -0.15) is 0 Å². The maximum absolute atomic E-state index is 11.3. The molecule has 0 aromatic heterocycles. The molecule has 7 nitrogen and oxygen atoms in total. The average molecular weight is 263 g/mol. The molecule has 0 aliphatic carbocycles. The maximum atomic E-state index is 11.3. The van der Waals surface area contributed by atoms with E-state index in [0.717, 1.165) is 0 Å². The van der Waals surface area contributed by atoms with E-state index in [-0.39, 0.29) is 5.91 Å². The molecule has 0 spiro atoms. The summed E-state index contributed by atoms with van der Waals surface area (Å²) >= 11 is 0. The fraction of sp³-hybridized carbons (Fsp3) is 0.250. The summed E-state index contributed by atoms with van der Waals surface area (Å²) < 4.78 is 5.10. The van der Waals surface area contributed by atoms with Crippen LogP contribution in [-0.2, 0) is 19.1 Å². The van der Waals surface area contributed by atoms with Gasteiger partial charge in [-0.3, -0.25) is 14.4 Å². The molecular formula is C12H13N3O4. The van der Waals surface area contributed by atoms with Crippen molar-refractivity contribution in [3.63, 3.8) is 0 Å². The first kappa shape index (κ1) is 13.0. The Labute approximate surface area is 108 Å². The molecule has 0 radical (unpaired) electrons. The third kappa shape index (κ3) is 2.15. The fourth-order valence-corrected chi connectivity index (χ4v) is 1.90. The van der Waals surface area contributed by atoms with E-state index in [4.69, 9.17) is 16.2 Å². The summed E-state index contributed by atoms with van der Waals surface area (Å²) in [5.74, 6) is -2.01. The highest BCUT2D eigenvalue weighted by molar-refractivity contribution is 6.10. The molecule has 1 aromatic rings. The van der Waals surface area contributed by atoms with E-state index in [0.29, 0.717) is 11.3 Å². The van der Waals surface area contributed by atoms with Gasteiger partial charge in [0.05, 0.1) is 0 Å². The maximum Gasteiger partial charge on any atom is 0.262 e. The van der Waals surface area contributed by atoms with Gasteiger partial charge in [-0.05, 0) is 17.7 Å². The number of nitrogens with two attached hydrogens (primary N) is 2. The molecule has 0 saturated carbocycles. The smallest absolute Gasteiger partial charge is 0.262 e. The molecule has 5 N–H and O–H groups in total. The zero-order chi connectivity index (χ0) is 14.2. The molecule has 3 amide bonds. The van der Waals surface area contributed by atoms with E-state index in [1.165, 1.54) is 6.92 Å². The van der Waals surface area contributed by atoms with Crippen LogP contribution in [0.1, 0.15) is 18.6 Å². The van der Waals surface area contributed by atoms with Crippen LogP contribution in [0.5, 0.6) is 0 Å². The number of epoxide rings is 1. The van der Waals surface area contributed by atoms with E-state index in [1.807, 2.05) is 0 Å². The van der Waals surface area contributed by atoms with Gasteiger partial charge in [0, 0.05) is 12.6 Å². The van der Waals surface area contributed by atoms with Gasteiger partial charge in [0.1, 0.15) is 6.10 Å². The largest absolute Gasteiger partial charge is 0.367 e. The lowest BCUT2D eigenvalue weighted by molar-refractivity contribution is -0.133. The molecule has 1 saturated heterocycles. The zero-order valence-electron chi connectivity index (χ0n) is 10.2. The highest BCUT2D eigenvalue weighted by atomic mass is 16.6. The minimum absolute atomic E-state index is 0.195. The number of hydrogen-bond donors (Lipinski definition) is 3. The normalized spacial score (nSPS) is 19.5. The Hall–Kier alpha value is -2.41. The molecule has 7 heteroatoms. The van der Waals surface area contributed by atoms with Crippen molar-refractivity contribution in [3.05, 3.63) is 29.8 Å². The van der Waals surface area contributed by atoms with Crippen LogP contribution >= 0.6 is 0 Å². The molecule has 1 atom stereocenters. The SMILES string of the molecule is CC(=O)Nc1ccc([C@@H]2OC2(C(N)=O)C(N)=O)cc1. The summed E-state index contributed by atoms with van der Waals surface area (Å²) in [5, 5.41) is 2.59. The van der Waals surface area contributed by atoms with E-state index < -0.39 is 23.5 Å². The van der Waals surface area contributed by atoms with Crippen LogP contribution in [0.15, 0.2) is 24.3 Å². The van der Waals surface area contributed by atoms with Gasteiger partial charge in [0.15, 0.2) is 0 Å². The Bertz CT molecular complexity index is 539. The second kappa shape index (κ2) is 4.36. The molecular weight excluding hydrogens is 250 g/mol. The van der Waals surface area contributed by atoms with Crippen LogP contribution < -0.4 is 16.8 Å². The second-order valence-electron chi connectivity index (χ2n) is 4.27. The van der Waals surface area contributed by atoms with Crippen molar-refractivity contribution < 1.29 is 19.1 Å². The lowest BCUT2D eigenvalue weighted by Gasteiger charge is -2.05. The van der Waals surface area contributed by atoms with Gasteiger partial charge in [-0.25, -0.2) is 0 Å². The molecule has 1 aliphatic heterocycles. The summed E-state index contributed by atoms with van der Waals surface area (Å²) in [5.41, 5.74) is 9.70. The number of ether oxygens (including phenoxy) is 1. The van der Waals surface area contributed by atoms with E-state index in [9.17, 15) is 14.4 Å². The third-order valence-electron chi connectivity index (χ3n) is 2.88. The van der Waals surface area contributed by atoms with Gasteiger partial charge >= 0.3 is 0 Å². The van der Waals surface area contributed by atoms with Gasteiger partial charge in [0.25, 0.3) is 17.4 Å². The number of benzene rings is 1. The Balaban J connectivity index is 2.19. The van der Waals surface area contributed by atoms with Crippen LogP contribution in [0.25, 0.3) is 0 Å². The number of anilines is 1. The molecule has 1 aliphatic rings. The number of amides is 3. The first-order valence-corrected chi connectivity index (χ1v) is 5.53. The van der Waals surface area contributed by atoms with Crippen LogP contribution in [0, 0.1) is 0 Å². The number of nitrogens with one attached hydrogen (secondary N) is 1. The van der Waals surface area contributed by atoms with E-state index >= 15 is 0 Å². The quantitative estimate of drug-likeness (QED) is 0.496. The van der Waals surface area contributed by atoms with Crippen molar-refractivity contribution >= 4 is 23.4 Å². The number of rotatable bonds is 4. The molecule has 2 rings (SSSR count). The van der Waals surface area contributed by atoms with Gasteiger partial charge in [0.2, 0.25) is 5.91 Å². The predicted molar refractivity (Wildman–Crippen MR) is 65.7 cm³/mol. The molecule has 0 unspecified atom stereocenters. The molecule has 1 aromatic carbocycles. The number of carbonyl (C=O) groups excluding carboxylic acids is 3. The minimum Gasteiger partial charge on any atom is -0.367 e. The summed E-state index contributed by atoms with van der Waals surface area (Å²) in [6, 6.07) is 6.52. The summed E-state index contributed by atoms with van der Waals surface area (Å²) in [6.07, 6.45) is -0.770. The Morgan fingerprint density at radius 2 is 1.68 bits per heavy atom. The van der Waals surface area contributed by atoms with Gasteiger partial charge in [-0.1, -0.05) is 12.1 Å². The Kier molecular flexibility index (Phi) is 2.99. The number of primary amides is 2. The Morgan fingerprint density at radius 3 is 2.05 bits per heavy atom. The van der Waals surface area contributed by atoms with Crippen molar-refractivity contribution in [2.24, 2.45) is 11.5 Å². The summed E-state index contributed by atoms with van der Waals surface area (Å²) in [6.45, 7) is 1.39. The standard InChI is InChI=1S/C12H13N3O4/c1-6(16)15-8-4-2-7(3-5-8)9-12(19-9,10(13)17)11(14)18/h2-5,9H,1H3,(H2,13,17)(H2,14,18)(H,15,16)/t9-/m0/s1. The average Bonchev–Trinajstić information content (AvgIpc) is 3.05. The van der Waals surface area contributed by atoms with Crippen molar-refractivity contribution in [1.29, 1.82) is 0 Å². The van der Waals surface area contributed by atoms with Crippen molar-refractivity contribution in [2.45, 2.75) is 18.6 Å². The van der Waals surface area contributed by atoms with Gasteiger partial charge in [-0.15, -0.1) is 0 Å². The van der Waals surface area contributed by atoms with E-state index in [2.05, 4.69) is 5.32 Å². The minimum atomic E-state index is -1.75. The monoisotopic (exact) mass is 263 g/mol. The van der Waals surface area contributed by atoms with Crippen molar-refractivity contribution in [2.75, 3.05) is 5.32 Å². The molecule has 1 fully saturated rings. The zero-order valence-corrected chi connectivity index (χ0v) is 10.2. The molecule has 100 valence electrons. The van der Waals surface area contributed by atoms with Crippen LogP contribution in [0.2, 0.25) is 0 Å². The van der Waals surface area contributed by atoms with E-state index in [1.54, 1.807) is 24.3 Å². The third-order valence-corrected chi connectivity index (χ3v) is 2.88. The first-order chi connectivity index (χ1) is 8.87. The highest BCUT2D eigenvalue weighted by Gasteiger charge is 2.67. The van der Waals surface area contributed by atoms with Crippen molar-refractivity contribution in [3.8, 4) is 0 Å².